The number of thioether (sulfide) groups is 1. The molecule has 0 atom stereocenters. The van der Waals surface area contributed by atoms with Crippen LogP contribution in [0.5, 0.6) is 0 Å². The fourth-order valence-corrected chi connectivity index (χ4v) is 4.63. The molecular formula is C23H17BrClN7OS. The first kappa shape index (κ1) is 22.6. The van der Waals surface area contributed by atoms with Gasteiger partial charge in [0.1, 0.15) is 6.54 Å². The van der Waals surface area contributed by atoms with Gasteiger partial charge in [0, 0.05) is 20.9 Å². The Bertz CT molecular complexity index is 1460. The van der Waals surface area contributed by atoms with Crippen LogP contribution in [0.15, 0.2) is 93.3 Å². The predicted octanol–water partition coefficient (Wildman–Crippen LogP) is 4.77. The molecule has 0 radical (unpaired) electrons. The van der Waals surface area contributed by atoms with E-state index in [0.717, 1.165) is 21.1 Å². The van der Waals surface area contributed by atoms with E-state index in [9.17, 15) is 4.79 Å². The van der Waals surface area contributed by atoms with Gasteiger partial charge in [-0.15, -0.1) is 10.2 Å². The lowest BCUT2D eigenvalue weighted by atomic mass is 10.2. The molecule has 0 saturated heterocycles. The van der Waals surface area contributed by atoms with Crippen molar-refractivity contribution in [3.63, 3.8) is 0 Å². The van der Waals surface area contributed by atoms with Crippen LogP contribution in [0, 0.1) is 0 Å². The van der Waals surface area contributed by atoms with Crippen LogP contribution >= 0.6 is 39.3 Å². The van der Waals surface area contributed by atoms with E-state index in [2.05, 4.69) is 48.7 Å². The predicted molar refractivity (Wildman–Crippen MR) is 135 cm³/mol. The summed E-state index contributed by atoms with van der Waals surface area (Å²) in [5.41, 5.74) is 2.27. The van der Waals surface area contributed by atoms with Gasteiger partial charge in [-0.05, 0) is 64.5 Å². The van der Waals surface area contributed by atoms with E-state index in [1.54, 1.807) is 36.0 Å². The molecule has 2 heterocycles. The zero-order valence-electron chi connectivity index (χ0n) is 17.6. The minimum atomic E-state index is -0.381. The summed E-state index contributed by atoms with van der Waals surface area (Å²) in [5, 5.41) is 18.1. The van der Waals surface area contributed by atoms with Gasteiger partial charge >= 0.3 is 5.69 Å². The number of aromatic nitrogens is 7. The lowest BCUT2D eigenvalue weighted by Crippen LogP contribution is -2.25. The SMILES string of the molecule is O=c1n(Cc2nnc(SCc3ccc(Br)cc3)n2-c2ccccc2)nnn1-c1ccc(Cl)cc1. The van der Waals surface area contributed by atoms with Gasteiger partial charge in [0.15, 0.2) is 11.0 Å². The van der Waals surface area contributed by atoms with Gasteiger partial charge in [-0.3, -0.25) is 4.57 Å². The van der Waals surface area contributed by atoms with Crippen LogP contribution in [0.4, 0.5) is 0 Å². The van der Waals surface area contributed by atoms with Gasteiger partial charge in [0.2, 0.25) is 0 Å². The molecule has 0 fully saturated rings. The third-order valence-electron chi connectivity index (χ3n) is 5.00. The molecule has 0 amide bonds. The molecule has 34 heavy (non-hydrogen) atoms. The van der Waals surface area contributed by atoms with Crippen LogP contribution in [-0.2, 0) is 12.3 Å². The maximum atomic E-state index is 13.0. The van der Waals surface area contributed by atoms with Crippen molar-refractivity contribution in [2.24, 2.45) is 0 Å². The van der Waals surface area contributed by atoms with Gasteiger partial charge in [0.05, 0.1) is 5.69 Å². The van der Waals surface area contributed by atoms with Crippen LogP contribution in [0.25, 0.3) is 11.4 Å². The highest BCUT2D eigenvalue weighted by molar-refractivity contribution is 9.10. The molecule has 0 aliphatic heterocycles. The van der Waals surface area contributed by atoms with Crippen LogP contribution in [0.1, 0.15) is 11.4 Å². The summed E-state index contributed by atoms with van der Waals surface area (Å²) in [4.78, 5) is 13.0. The first-order valence-electron chi connectivity index (χ1n) is 10.2. The van der Waals surface area contributed by atoms with Crippen molar-refractivity contribution < 1.29 is 0 Å². The average Bonchev–Trinajstić information content (AvgIpc) is 3.43. The summed E-state index contributed by atoms with van der Waals surface area (Å²) in [6.07, 6.45) is 0. The quantitative estimate of drug-likeness (QED) is 0.270. The Morgan fingerprint density at radius 2 is 1.59 bits per heavy atom. The van der Waals surface area contributed by atoms with Crippen molar-refractivity contribution >= 4 is 39.3 Å². The fraction of sp³-hybridized carbons (Fsp3) is 0.0870. The number of halogens is 2. The molecule has 5 rings (SSSR count). The summed E-state index contributed by atoms with van der Waals surface area (Å²) in [6.45, 7) is 0.118. The number of tetrazole rings is 1. The summed E-state index contributed by atoms with van der Waals surface area (Å²) in [7, 11) is 0. The second-order valence-electron chi connectivity index (χ2n) is 7.29. The zero-order chi connectivity index (χ0) is 23.5. The standard InChI is InChI=1S/C23H17BrClN7OS/c24-17-8-6-16(7-9-17)15-34-22-27-26-21(31(22)19-4-2-1-3-5-19)14-30-23(33)32(29-28-30)20-12-10-18(25)11-13-20/h1-13H,14-15H2. The second-order valence-corrected chi connectivity index (χ2v) is 9.59. The van der Waals surface area contributed by atoms with Crippen LogP contribution < -0.4 is 5.69 Å². The molecule has 0 aliphatic carbocycles. The van der Waals surface area contributed by atoms with E-state index in [4.69, 9.17) is 11.6 Å². The minimum absolute atomic E-state index is 0.118. The average molecular weight is 555 g/mol. The van der Waals surface area contributed by atoms with E-state index in [0.29, 0.717) is 16.5 Å². The highest BCUT2D eigenvalue weighted by Gasteiger charge is 2.18. The zero-order valence-corrected chi connectivity index (χ0v) is 20.8. The summed E-state index contributed by atoms with van der Waals surface area (Å²) in [5.74, 6) is 1.31. The lowest BCUT2D eigenvalue weighted by Gasteiger charge is -2.10. The van der Waals surface area contributed by atoms with Crippen molar-refractivity contribution in [1.82, 2.24) is 34.6 Å². The number of hydrogen-bond donors (Lipinski definition) is 0. The summed E-state index contributed by atoms with van der Waals surface area (Å²) in [6, 6.07) is 24.8. The molecule has 8 nitrogen and oxygen atoms in total. The van der Waals surface area contributed by atoms with Gasteiger partial charge in [-0.1, -0.05) is 69.6 Å². The normalized spacial score (nSPS) is 11.1. The molecule has 0 aliphatic rings. The maximum absolute atomic E-state index is 13.0. The van der Waals surface area contributed by atoms with Gasteiger partial charge in [-0.25, -0.2) is 4.79 Å². The first-order valence-corrected chi connectivity index (χ1v) is 12.4. The van der Waals surface area contributed by atoms with Gasteiger partial charge in [-0.2, -0.15) is 9.36 Å². The van der Waals surface area contributed by atoms with Crippen LogP contribution in [0.3, 0.4) is 0 Å². The Labute approximate surface area is 212 Å². The Hall–Kier alpha value is -3.21. The van der Waals surface area contributed by atoms with Crippen molar-refractivity contribution in [2.45, 2.75) is 17.5 Å². The van der Waals surface area contributed by atoms with Crippen molar-refractivity contribution in [3.8, 4) is 11.4 Å². The third kappa shape index (κ3) is 4.84. The fourth-order valence-electron chi connectivity index (χ4n) is 3.31. The number of para-hydroxylation sites is 1. The molecule has 5 aromatic rings. The Balaban J connectivity index is 1.45. The van der Waals surface area contributed by atoms with Gasteiger partial charge < -0.3 is 0 Å². The molecule has 0 saturated carbocycles. The molecule has 3 aromatic carbocycles. The molecule has 0 unspecified atom stereocenters. The Kier molecular flexibility index (Phi) is 6.61. The van der Waals surface area contributed by atoms with E-state index in [1.165, 1.54) is 14.9 Å². The smallest absolute Gasteiger partial charge is 0.272 e. The monoisotopic (exact) mass is 553 g/mol. The van der Waals surface area contributed by atoms with Crippen molar-refractivity contribution in [1.29, 1.82) is 0 Å². The highest BCUT2D eigenvalue weighted by Crippen LogP contribution is 2.26. The molecule has 11 heteroatoms. The third-order valence-corrected chi connectivity index (χ3v) is 6.78. The number of rotatable bonds is 7. The molecular weight excluding hydrogens is 538 g/mol. The lowest BCUT2D eigenvalue weighted by molar-refractivity contribution is 0.598. The summed E-state index contributed by atoms with van der Waals surface area (Å²) < 4.78 is 5.47. The first-order chi connectivity index (χ1) is 16.6. The Morgan fingerprint density at radius 3 is 2.32 bits per heavy atom. The van der Waals surface area contributed by atoms with E-state index >= 15 is 0 Å². The maximum Gasteiger partial charge on any atom is 0.368 e. The van der Waals surface area contributed by atoms with Crippen LogP contribution in [-0.4, -0.2) is 34.6 Å². The van der Waals surface area contributed by atoms with Crippen molar-refractivity contribution in [3.05, 3.63) is 110 Å². The molecule has 0 bridgehead atoms. The Morgan fingerprint density at radius 1 is 0.853 bits per heavy atom. The summed E-state index contributed by atoms with van der Waals surface area (Å²) >= 11 is 11.0. The number of nitrogens with zero attached hydrogens (tertiary/aromatic N) is 7. The van der Waals surface area contributed by atoms with E-state index < -0.39 is 0 Å². The molecule has 2 aromatic heterocycles. The van der Waals surface area contributed by atoms with Crippen molar-refractivity contribution in [2.75, 3.05) is 0 Å². The minimum Gasteiger partial charge on any atom is -0.272 e. The highest BCUT2D eigenvalue weighted by atomic mass is 79.9. The van der Waals surface area contributed by atoms with E-state index in [1.807, 2.05) is 47.0 Å². The molecule has 0 N–H and O–H groups in total. The topological polar surface area (TPSA) is 83.4 Å². The number of hydrogen-bond acceptors (Lipinski definition) is 6. The number of benzene rings is 3. The molecule has 0 spiro atoms. The second kappa shape index (κ2) is 9.96. The van der Waals surface area contributed by atoms with Gasteiger partial charge in [0.25, 0.3) is 0 Å². The largest absolute Gasteiger partial charge is 0.368 e. The van der Waals surface area contributed by atoms with E-state index in [-0.39, 0.29) is 12.2 Å². The molecule has 170 valence electrons. The van der Waals surface area contributed by atoms with Crippen LogP contribution in [0.2, 0.25) is 5.02 Å².